The van der Waals surface area contributed by atoms with Crippen LogP contribution in [-0.2, 0) is 13.6 Å². The zero-order valence-corrected chi connectivity index (χ0v) is 17.3. The van der Waals surface area contributed by atoms with Crippen molar-refractivity contribution >= 4 is 29.9 Å². The number of guanidine groups is 1. The molecule has 23 heavy (non-hydrogen) atoms. The SMILES string of the molecule is CCCN1CCC(CNC(=NC)N(C)Cc2cccn2C)C1.I. The second-order valence-corrected chi connectivity index (χ2v) is 6.35. The fourth-order valence-corrected chi connectivity index (χ4v) is 3.20. The standard InChI is InChI=1S/C17H31N5.HI/c1-5-9-22-11-8-15(13-22)12-19-17(18-2)21(4)14-16-7-6-10-20(16)3;/h6-7,10,15H,5,8-9,11-14H2,1-4H3,(H,18,19);1H. The Kier molecular flexibility index (Phi) is 8.98. The average Bonchev–Trinajstić information content (AvgIpc) is 3.10. The molecule has 2 heterocycles. The van der Waals surface area contributed by atoms with Crippen molar-refractivity contribution in [2.75, 3.05) is 40.3 Å². The molecular weight excluding hydrogens is 401 g/mol. The number of rotatable bonds is 6. The van der Waals surface area contributed by atoms with Gasteiger partial charge in [-0.05, 0) is 44.0 Å². The van der Waals surface area contributed by atoms with Gasteiger partial charge in [-0.1, -0.05) is 6.92 Å². The number of hydrogen-bond acceptors (Lipinski definition) is 2. The van der Waals surface area contributed by atoms with Crippen molar-refractivity contribution in [2.24, 2.45) is 18.0 Å². The minimum absolute atomic E-state index is 0. The zero-order chi connectivity index (χ0) is 15.9. The largest absolute Gasteiger partial charge is 0.356 e. The highest BCUT2D eigenvalue weighted by Crippen LogP contribution is 2.15. The number of aromatic nitrogens is 1. The highest BCUT2D eigenvalue weighted by Gasteiger charge is 2.22. The number of halogens is 1. The monoisotopic (exact) mass is 433 g/mol. The van der Waals surface area contributed by atoms with Crippen molar-refractivity contribution in [3.8, 4) is 0 Å². The lowest BCUT2D eigenvalue weighted by Gasteiger charge is -2.24. The molecule has 1 aliphatic rings. The summed E-state index contributed by atoms with van der Waals surface area (Å²) in [5.41, 5.74) is 1.29. The summed E-state index contributed by atoms with van der Waals surface area (Å²) in [7, 11) is 6.04. The van der Waals surface area contributed by atoms with Crippen molar-refractivity contribution in [1.82, 2.24) is 19.7 Å². The molecule has 1 saturated heterocycles. The highest BCUT2D eigenvalue weighted by molar-refractivity contribution is 14.0. The van der Waals surface area contributed by atoms with Gasteiger partial charge in [0.2, 0.25) is 0 Å². The third kappa shape index (κ3) is 5.99. The molecule has 132 valence electrons. The van der Waals surface area contributed by atoms with Crippen molar-refractivity contribution < 1.29 is 0 Å². The van der Waals surface area contributed by atoms with Crippen LogP contribution in [0.25, 0.3) is 0 Å². The number of aliphatic imine (C=N–C) groups is 1. The molecule has 0 spiro atoms. The third-order valence-electron chi connectivity index (χ3n) is 4.48. The molecule has 2 rings (SSSR count). The molecule has 1 N–H and O–H groups in total. The maximum absolute atomic E-state index is 4.42. The number of likely N-dealkylation sites (tertiary alicyclic amines) is 1. The Bertz CT molecular complexity index is 485. The van der Waals surface area contributed by atoms with Crippen LogP contribution in [0.2, 0.25) is 0 Å². The minimum atomic E-state index is 0. The summed E-state index contributed by atoms with van der Waals surface area (Å²) in [5.74, 6) is 1.72. The van der Waals surface area contributed by atoms with Gasteiger partial charge < -0.3 is 19.7 Å². The summed E-state index contributed by atoms with van der Waals surface area (Å²) >= 11 is 0. The predicted octanol–water partition coefficient (Wildman–Crippen LogP) is 2.38. The third-order valence-corrected chi connectivity index (χ3v) is 4.48. The average molecular weight is 433 g/mol. The Hall–Kier alpha value is -0.760. The fourth-order valence-electron chi connectivity index (χ4n) is 3.20. The van der Waals surface area contributed by atoms with Crippen LogP contribution in [0.3, 0.4) is 0 Å². The Morgan fingerprint density at radius 2 is 2.26 bits per heavy atom. The van der Waals surface area contributed by atoms with E-state index in [1.54, 1.807) is 0 Å². The van der Waals surface area contributed by atoms with Crippen LogP contribution >= 0.6 is 24.0 Å². The van der Waals surface area contributed by atoms with E-state index in [0.717, 1.165) is 25.0 Å². The molecule has 0 aliphatic carbocycles. The molecule has 1 aliphatic heterocycles. The van der Waals surface area contributed by atoms with E-state index in [-0.39, 0.29) is 24.0 Å². The van der Waals surface area contributed by atoms with Crippen molar-refractivity contribution in [2.45, 2.75) is 26.3 Å². The first-order valence-corrected chi connectivity index (χ1v) is 8.38. The number of hydrogen-bond donors (Lipinski definition) is 1. The van der Waals surface area contributed by atoms with E-state index >= 15 is 0 Å². The molecule has 5 nitrogen and oxygen atoms in total. The van der Waals surface area contributed by atoms with E-state index in [9.17, 15) is 0 Å². The first-order valence-electron chi connectivity index (χ1n) is 8.38. The van der Waals surface area contributed by atoms with Gasteiger partial charge in [0.15, 0.2) is 5.96 Å². The van der Waals surface area contributed by atoms with Crippen LogP contribution in [-0.4, -0.2) is 60.6 Å². The molecule has 6 heteroatoms. The molecule has 1 aromatic rings. The number of nitrogens with zero attached hydrogens (tertiary/aromatic N) is 4. The van der Waals surface area contributed by atoms with Crippen molar-refractivity contribution in [3.05, 3.63) is 24.0 Å². The van der Waals surface area contributed by atoms with Gasteiger partial charge in [0.25, 0.3) is 0 Å². The van der Waals surface area contributed by atoms with Crippen LogP contribution in [0.15, 0.2) is 23.3 Å². The molecule has 0 amide bonds. The van der Waals surface area contributed by atoms with Crippen molar-refractivity contribution in [3.63, 3.8) is 0 Å². The minimum Gasteiger partial charge on any atom is -0.356 e. The van der Waals surface area contributed by atoms with Gasteiger partial charge in [0.1, 0.15) is 0 Å². The molecule has 0 saturated carbocycles. The predicted molar refractivity (Wildman–Crippen MR) is 108 cm³/mol. The Labute approximate surface area is 158 Å². The van der Waals surface area contributed by atoms with Crippen LogP contribution in [0.1, 0.15) is 25.5 Å². The normalized spacial score (nSPS) is 18.8. The van der Waals surface area contributed by atoms with E-state index in [2.05, 4.69) is 64.0 Å². The van der Waals surface area contributed by atoms with Gasteiger partial charge in [-0.2, -0.15) is 0 Å². The second kappa shape index (κ2) is 10.2. The van der Waals surface area contributed by atoms with Gasteiger partial charge in [-0.15, -0.1) is 24.0 Å². The van der Waals surface area contributed by atoms with E-state index in [4.69, 9.17) is 0 Å². The lowest BCUT2D eigenvalue weighted by molar-refractivity contribution is 0.324. The molecular formula is C17H32IN5. The van der Waals surface area contributed by atoms with Crippen LogP contribution in [0, 0.1) is 5.92 Å². The fraction of sp³-hybridized carbons (Fsp3) is 0.706. The maximum Gasteiger partial charge on any atom is 0.193 e. The van der Waals surface area contributed by atoms with Gasteiger partial charge in [-0.25, -0.2) is 0 Å². The summed E-state index contributed by atoms with van der Waals surface area (Å²) in [6.07, 6.45) is 4.63. The Morgan fingerprint density at radius 1 is 1.48 bits per heavy atom. The Morgan fingerprint density at radius 3 is 2.87 bits per heavy atom. The second-order valence-electron chi connectivity index (χ2n) is 6.35. The van der Waals surface area contributed by atoms with E-state index < -0.39 is 0 Å². The quantitative estimate of drug-likeness (QED) is 0.425. The van der Waals surface area contributed by atoms with Gasteiger partial charge >= 0.3 is 0 Å². The topological polar surface area (TPSA) is 35.8 Å². The maximum atomic E-state index is 4.42. The summed E-state index contributed by atoms with van der Waals surface area (Å²) in [4.78, 5) is 9.18. The van der Waals surface area contributed by atoms with E-state index in [1.165, 1.54) is 38.2 Å². The smallest absolute Gasteiger partial charge is 0.193 e. The summed E-state index contributed by atoms with van der Waals surface area (Å²) in [5, 5.41) is 3.55. The van der Waals surface area contributed by atoms with E-state index in [1.807, 2.05) is 7.05 Å². The molecule has 1 atom stereocenters. The molecule has 1 fully saturated rings. The molecule has 0 radical (unpaired) electrons. The first-order chi connectivity index (χ1) is 10.6. The van der Waals surface area contributed by atoms with Crippen molar-refractivity contribution in [1.29, 1.82) is 0 Å². The lowest BCUT2D eigenvalue weighted by atomic mass is 10.1. The number of nitrogens with one attached hydrogen (secondary N) is 1. The molecule has 1 aromatic heterocycles. The van der Waals surface area contributed by atoms with Gasteiger partial charge in [-0.3, -0.25) is 4.99 Å². The summed E-state index contributed by atoms with van der Waals surface area (Å²) in [6, 6.07) is 4.24. The number of aryl methyl sites for hydroxylation is 1. The highest BCUT2D eigenvalue weighted by atomic mass is 127. The van der Waals surface area contributed by atoms with Crippen LogP contribution < -0.4 is 5.32 Å². The summed E-state index contributed by atoms with van der Waals surface area (Å²) in [6.45, 7) is 7.85. The molecule has 0 aromatic carbocycles. The lowest BCUT2D eigenvalue weighted by Crippen LogP contribution is -2.41. The van der Waals surface area contributed by atoms with E-state index in [0.29, 0.717) is 0 Å². The zero-order valence-electron chi connectivity index (χ0n) is 15.0. The molecule has 1 unspecified atom stereocenters. The molecule has 0 bridgehead atoms. The Balaban J connectivity index is 0.00000264. The van der Waals surface area contributed by atoms with Crippen LogP contribution in [0.5, 0.6) is 0 Å². The van der Waals surface area contributed by atoms with Gasteiger partial charge in [0.05, 0.1) is 6.54 Å². The van der Waals surface area contributed by atoms with Gasteiger partial charge in [0, 0.05) is 46.1 Å². The van der Waals surface area contributed by atoms with Crippen LogP contribution in [0.4, 0.5) is 0 Å². The first kappa shape index (κ1) is 20.3. The summed E-state index contributed by atoms with van der Waals surface area (Å²) < 4.78 is 2.16.